The van der Waals surface area contributed by atoms with Crippen LogP contribution in [0.1, 0.15) is 19.1 Å². The number of furan rings is 1. The molecule has 0 saturated carbocycles. The fourth-order valence-electron chi connectivity index (χ4n) is 1.08. The Balaban J connectivity index is 2.79. The van der Waals surface area contributed by atoms with E-state index in [2.05, 4.69) is 20.7 Å². The first-order valence-electron chi connectivity index (χ1n) is 4.07. The maximum absolute atomic E-state index is 11.1. The van der Waals surface area contributed by atoms with Gasteiger partial charge < -0.3 is 14.9 Å². The number of ether oxygens (including phenoxy) is 1. The smallest absolute Gasteiger partial charge is 0.307 e. The minimum absolute atomic E-state index is 0.0868. The molecule has 0 aliphatic heterocycles. The van der Waals surface area contributed by atoms with Crippen LogP contribution in [0.2, 0.25) is 0 Å². The molecule has 0 aliphatic carbocycles. The van der Waals surface area contributed by atoms with Gasteiger partial charge in [-0.1, -0.05) is 0 Å². The minimum Gasteiger partial charge on any atom is -0.469 e. The van der Waals surface area contributed by atoms with Gasteiger partial charge in [-0.05, 0) is 35.0 Å². The lowest BCUT2D eigenvalue weighted by atomic mass is 9.96. The molecule has 78 valence electrons. The number of nitrogens with two attached hydrogens (primary N) is 1. The summed E-state index contributed by atoms with van der Waals surface area (Å²) in [7, 11) is 1.33. The lowest BCUT2D eigenvalue weighted by Gasteiger charge is -2.20. The molecular formula is C9H12BrNO3. The van der Waals surface area contributed by atoms with Crippen molar-refractivity contribution in [1.82, 2.24) is 0 Å². The molecule has 0 spiro atoms. The molecule has 4 nitrogen and oxygen atoms in total. The highest BCUT2D eigenvalue weighted by Crippen LogP contribution is 2.26. The van der Waals surface area contributed by atoms with Crippen molar-refractivity contribution in [3.05, 3.63) is 22.6 Å². The van der Waals surface area contributed by atoms with E-state index in [0.717, 1.165) is 0 Å². The highest BCUT2D eigenvalue weighted by atomic mass is 79.9. The number of halogens is 1. The normalized spacial score (nSPS) is 14.9. The molecule has 1 aromatic heterocycles. The standard InChI is InChI=1S/C9H12BrNO3/c1-9(11,5-8(12)13-2)6-3-4-7(10)14-6/h3-4H,5,11H2,1-2H3. The van der Waals surface area contributed by atoms with E-state index < -0.39 is 5.54 Å². The third-order valence-corrected chi connectivity index (χ3v) is 2.30. The Bertz CT molecular complexity index is 333. The van der Waals surface area contributed by atoms with Crippen molar-refractivity contribution >= 4 is 21.9 Å². The van der Waals surface area contributed by atoms with Gasteiger partial charge in [0.1, 0.15) is 5.76 Å². The molecule has 1 heterocycles. The maximum atomic E-state index is 11.1. The summed E-state index contributed by atoms with van der Waals surface area (Å²) >= 11 is 3.17. The van der Waals surface area contributed by atoms with Crippen LogP contribution in [0.25, 0.3) is 0 Å². The quantitative estimate of drug-likeness (QED) is 0.843. The summed E-state index contributed by atoms with van der Waals surface area (Å²) < 4.78 is 10.4. The lowest BCUT2D eigenvalue weighted by Crippen LogP contribution is -2.35. The second-order valence-electron chi connectivity index (χ2n) is 3.27. The van der Waals surface area contributed by atoms with Crippen LogP contribution >= 0.6 is 15.9 Å². The molecule has 0 aliphatic rings. The van der Waals surface area contributed by atoms with Gasteiger partial charge in [0.05, 0.1) is 19.1 Å². The first kappa shape index (κ1) is 11.3. The molecule has 5 heteroatoms. The van der Waals surface area contributed by atoms with Gasteiger partial charge in [0.25, 0.3) is 0 Å². The first-order chi connectivity index (χ1) is 6.45. The highest BCUT2D eigenvalue weighted by Gasteiger charge is 2.28. The minimum atomic E-state index is -0.834. The lowest BCUT2D eigenvalue weighted by molar-refractivity contribution is -0.142. The predicted octanol–water partition coefficient (Wildman–Crippen LogP) is 1.78. The van der Waals surface area contributed by atoms with Crippen LogP contribution in [-0.2, 0) is 15.1 Å². The molecule has 0 radical (unpaired) electrons. The van der Waals surface area contributed by atoms with Crippen molar-refractivity contribution < 1.29 is 13.9 Å². The third-order valence-electron chi connectivity index (χ3n) is 1.88. The average Bonchev–Trinajstić information content (AvgIpc) is 2.51. The zero-order valence-electron chi connectivity index (χ0n) is 8.04. The van der Waals surface area contributed by atoms with E-state index >= 15 is 0 Å². The van der Waals surface area contributed by atoms with E-state index in [-0.39, 0.29) is 12.4 Å². The van der Waals surface area contributed by atoms with Crippen LogP contribution in [0.5, 0.6) is 0 Å². The maximum Gasteiger partial charge on any atom is 0.307 e. The van der Waals surface area contributed by atoms with Crippen molar-refractivity contribution in [3.63, 3.8) is 0 Å². The molecule has 1 aromatic rings. The van der Waals surface area contributed by atoms with Gasteiger partial charge in [-0.2, -0.15) is 0 Å². The Hall–Kier alpha value is -0.810. The number of hydrogen-bond acceptors (Lipinski definition) is 4. The summed E-state index contributed by atoms with van der Waals surface area (Å²) in [6.07, 6.45) is 0.0868. The SMILES string of the molecule is COC(=O)CC(C)(N)c1ccc(Br)o1. The van der Waals surface area contributed by atoms with Gasteiger partial charge in [0, 0.05) is 0 Å². The van der Waals surface area contributed by atoms with Crippen LogP contribution in [-0.4, -0.2) is 13.1 Å². The monoisotopic (exact) mass is 261 g/mol. The highest BCUT2D eigenvalue weighted by molar-refractivity contribution is 9.10. The number of carbonyl (C=O) groups excluding carboxylic acids is 1. The van der Waals surface area contributed by atoms with E-state index in [1.54, 1.807) is 19.1 Å². The molecule has 1 atom stereocenters. The molecule has 1 rings (SSSR count). The van der Waals surface area contributed by atoms with Gasteiger partial charge in [-0.3, -0.25) is 4.79 Å². The number of carbonyl (C=O) groups is 1. The molecule has 0 fully saturated rings. The van der Waals surface area contributed by atoms with Crippen LogP contribution in [0, 0.1) is 0 Å². The molecule has 1 unspecified atom stereocenters. The molecular weight excluding hydrogens is 250 g/mol. The molecule has 2 N–H and O–H groups in total. The van der Waals surface area contributed by atoms with E-state index in [9.17, 15) is 4.79 Å². The van der Waals surface area contributed by atoms with Gasteiger partial charge in [-0.15, -0.1) is 0 Å². The van der Waals surface area contributed by atoms with Gasteiger partial charge in [-0.25, -0.2) is 0 Å². The predicted molar refractivity (Wildman–Crippen MR) is 54.6 cm³/mol. The molecule has 14 heavy (non-hydrogen) atoms. The Kier molecular flexibility index (Phi) is 3.34. The Morgan fingerprint density at radius 2 is 2.36 bits per heavy atom. The van der Waals surface area contributed by atoms with Crippen LogP contribution in [0.15, 0.2) is 21.2 Å². The third kappa shape index (κ3) is 2.59. The van der Waals surface area contributed by atoms with Crippen molar-refractivity contribution in [1.29, 1.82) is 0 Å². The second-order valence-corrected chi connectivity index (χ2v) is 4.06. The van der Waals surface area contributed by atoms with Crippen molar-refractivity contribution in [2.45, 2.75) is 18.9 Å². The zero-order valence-corrected chi connectivity index (χ0v) is 9.63. The van der Waals surface area contributed by atoms with Crippen molar-refractivity contribution in [2.75, 3.05) is 7.11 Å². The average molecular weight is 262 g/mol. The molecule has 0 bridgehead atoms. The van der Waals surface area contributed by atoms with E-state index in [0.29, 0.717) is 10.4 Å². The van der Waals surface area contributed by atoms with Crippen molar-refractivity contribution in [3.8, 4) is 0 Å². The van der Waals surface area contributed by atoms with Crippen LogP contribution in [0.4, 0.5) is 0 Å². The fourth-order valence-corrected chi connectivity index (χ4v) is 1.39. The molecule has 0 saturated heterocycles. The zero-order chi connectivity index (χ0) is 10.8. The number of hydrogen-bond donors (Lipinski definition) is 1. The summed E-state index contributed by atoms with van der Waals surface area (Å²) in [5.74, 6) is 0.192. The van der Waals surface area contributed by atoms with Crippen molar-refractivity contribution in [2.24, 2.45) is 5.73 Å². The van der Waals surface area contributed by atoms with Crippen LogP contribution < -0.4 is 5.73 Å². The summed E-state index contributed by atoms with van der Waals surface area (Å²) in [5.41, 5.74) is 5.08. The topological polar surface area (TPSA) is 65.5 Å². The van der Waals surface area contributed by atoms with E-state index in [1.165, 1.54) is 7.11 Å². The summed E-state index contributed by atoms with van der Waals surface area (Å²) in [4.78, 5) is 11.1. The summed E-state index contributed by atoms with van der Waals surface area (Å²) in [5, 5.41) is 0. The van der Waals surface area contributed by atoms with E-state index in [1.807, 2.05) is 0 Å². The largest absolute Gasteiger partial charge is 0.469 e. The molecule has 0 aromatic carbocycles. The Morgan fingerprint density at radius 3 is 2.79 bits per heavy atom. The number of methoxy groups -OCH3 is 1. The summed E-state index contributed by atoms with van der Waals surface area (Å²) in [6, 6.07) is 3.46. The Morgan fingerprint density at radius 1 is 1.71 bits per heavy atom. The fraction of sp³-hybridized carbons (Fsp3) is 0.444. The first-order valence-corrected chi connectivity index (χ1v) is 4.86. The second kappa shape index (κ2) is 4.14. The van der Waals surface area contributed by atoms with Crippen LogP contribution in [0.3, 0.4) is 0 Å². The van der Waals surface area contributed by atoms with Gasteiger partial charge >= 0.3 is 5.97 Å². The summed E-state index contributed by atoms with van der Waals surface area (Å²) in [6.45, 7) is 1.72. The van der Waals surface area contributed by atoms with E-state index in [4.69, 9.17) is 10.2 Å². The van der Waals surface area contributed by atoms with Gasteiger partial charge in [0.15, 0.2) is 4.67 Å². The Labute approximate surface area is 90.5 Å². The van der Waals surface area contributed by atoms with Gasteiger partial charge in [0.2, 0.25) is 0 Å². The number of rotatable bonds is 3. The number of esters is 1. The molecule has 0 amide bonds.